The highest BCUT2D eigenvalue weighted by Crippen LogP contribution is 2.40. The van der Waals surface area contributed by atoms with Gasteiger partial charge in [0.15, 0.2) is 0 Å². The second-order valence-corrected chi connectivity index (χ2v) is 20.5. The van der Waals surface area contributed by atoms with Gasteiger partial charge in [-0.2, -0.15) is 0 Å². The largest absolute Gasteiger partial charge is 0.494 e. The summed E-state index contributed by atoms with van der Waals surface area (Å²) in [5.74, 6) is 0.917. The zero-order chi connectivity index (χ0) is 53.0. The Labute approximate surface area is 453 Å². The van der Waals surface area contributed by atoms with E-state index < -0.39 is 0 Å². The number of nitrogens with zero attached hydrogens (tertiary/aromatic N) is 3. The first-order valence-corrected chi connectivity index (χ1v) is 27.2. The van der Waals surface area contributed by atoms with Crippen LogP contribution in [0.5, 0.6) is 5.75 Å². The number of hydrogen-bond donors (Lipinski definition) is 0. The van der Waals surface area contributed by atoms with Crippen LogP contribution in [0.4, 0.5) is 51.2 Å². The maximum atomic E-state index is 6.28. The second kappa shape index (κ2) is 24.8. The molecular weight excluding hydrogens is 923 g/mol. The Bertz CT molecular complexity index is 3100. The highest BCUT2D eigenvalue weighted by molar-refractivity contribution is 5.84. The normalized spacial score (nSPS) is 11.4. The van der Waals surface area contributed by atoms with Crippen molar-refractivity contribution in [2.24, 2.45) is 0 Å². The van der Waals surface area contributed by atoms with Crippen LogP contribution in [-0.4, -0.2) is 6.61 Å². The Morgan fingerprint density at radius 3 is 1.04 bits per heavy atom. The van der Waals surface area contributed by atoms with E-state index >= 15 is 0 Å². The molecule has 4 heteroatoms. The first-order chi connectivity index (χ1) is 37.0. The molecule has 9 rings (SSSR count). The van der Waals surface area contributed by atoms with E-state index in [2.05, 4.69) is 295 Å². The molecule has 0 aromatic heterocycles. The lowest BCUT2D eigenvalue weighted by Crippen LogP contribution is -2.11. The number of unbranched alkanes of at least 4 members (excludes halogenated alkanes) is 4. The molecule has 9 aromatic carbocycles. The average Bonchev–Trinajstić information content (AvgIpc) is 3.44. The van der Waals surface area contributed by atoms with Crippen LogP contribution in [0.3, 0.4) is 0 Å². The van der Waals surface area contributed by atoms with Gasteiger partial charge in [-0.15, -0.1) is 0 Å². The predicted molar refractivity (Wildman–Crippen MR) is 329 cm³/mol. The molecule has 0 amide bonds. The minimum atomic E-state index is 0.738. The smallest absolute Gasteiger partial charge is 0.119 e. The van der Waals surface area contributed by atoms with Gasteiger partial charge in [0, 0.05) is 51.2 Å². The van der Waals surface area contributed by atoms with Crippen LogP contribution < -0.4 is 19.4 Å². The minimum absolute atomic E-state index is 0.738. The van der Waals surface area contributed by atoms with Crippen molar-refractivity contribution in [2.45, 2.75) is 87.5 Å². The van der Waals surface area contributed by atoms with Gasteiger partial charge in [0.1, 0.15) is 5.75 Å². The van der Waals surface area contributed by atoms with E-state index in [1.54, 1.807) is 0 Å². The van der Waals surface area contributed by atoms with Crippen molar-refractivity contribution in [3.63, 3.8) is 0 Å². The van der Waals surface area contributed by atoms with E-state index in [0.717, 1.165) is 86.7 Å². The summed E-state index contributed by atoms with van der Waals surface area (Å²) >= 11 is 0. The molecule has 0 spiro atoms. The summed E-state index contributed by atoms with van der Waals surface area (Å²) in [7, 11) is 0. The number of hydrogen-bond acceptors (Lipinski definition) is 4. The van der Waals surface area contributed by atoms with Gasteiger partial charge >= 0.3 is 0 Å². The molecule has 0 heterocycles. The van der Waals surface area contributed by atoms with Gasteiger partial charge in [-0.3, -0.25) is 0 Å². The second-order valence-electron chi connectivity index (χ2n) is 20.5. The van der Waals surface area contributed by atoms with E-state index in [0.29, 0.717) is 0 Å². The summed E-state index contributed by atoms with van der Waals surface area (Å²) in [6.45, 7) is 18.1. The van der Waals surface area contributed by atoms with E-state index in [1.807, 2.05) is 0 Å². The zero-order valence-corrected chi connectivity index (χ0v) is 45.9. The van der Waals surface area contributed by atoms with Gasteiger partial charge in [-0.25, -0.2) is 0 Å². The number of benzene rings is 9. The first-order valence-electron chi connectivity index (χ1n) is 27.2. The van der Waals surface area contributed by atoms with Crippen molar-refractivity contribution in [1.29, 1.82) is 0 Å². The molecule has 9 aromatic rings. The third kappa shape index (κ3) is 13.1. The van der Waals surface area contributed by atoms with E-state index in [4.69, 9.17) is 4.74 Å². The van der Waals surface area contributed by atoms with Gasteiger partial charge in [0.2, 0.25) is 0 Å². The van der Waals surface area contributed by atoms with Crippen molar-refractivity contribution < 1.29 is 4.74 Å². The van der Waals surface area contributed by atoms with Gasteiger partial charge in [-0.05, 0) is 209 Å². The topological polar surface area (TPSA) is 19.0 Å². The van der Waals surface area contributed by atoms with Crippen LogP contribution >= 0.6 is 0 Å². The van der Waals surface area contributed by atoms with Crippen molar-refractivity contribution in [3.05, 3.63) is 261 Å². The van der Waals surface area contributed by atoms with Crippen LogP contribution in [0.2, 0.25) is 0 Å². The summed E-state index contributed by atoms with van der Waals surface area (Å²) in [5.41, 5.74) is 23.3. The summed E-state index contributed by atoms with van der Waals surface area (Å²) in [4.78, 5) is 7.03. The fourth-order valence-corrected chi connectivity index (χ4v) is 9.77. The van der Waals surface area contributed by atoms with Gasteiger partial charge in [-0.1, -0.05) is 164 Å². The third-order valence-electron chi connectivity index (χ3n) is 14.3. The fourth-order valence-electron chi connectivity index (χ4n) is 9.77. The summed E-state index contributed by atoms with van der Waals surface area (Å²) in [5, 5.41) is 0. The Balaban J connectivity index is 0.957. The fraction of sp³-hybridized carbons (Fsp3) is 0.194. The van der Waals surface area contributed by atoms with Gasteiger partial charge < -0.3 is 19.4 Å². The molecule has 0 bridgehead atoms. The molecule has 382 valence electrons. The molecule has 0 N–H and O–H groups in total. The molecule has 0 saturated carbocycles. The van der Waals surface area contributed by atoms with Crippen molar-refractivity contribution in [1.82, 2.24) is 0 Å². The first kappa shape index (κ1) is 52.5. The molecule has 0 aliphatic rings. The minimum Gasteiger partial charge on any atom is -0.494 e. The standard InChI is InChI=1S/C72H73N3O/c1-9-10-11-12-13-48-76-71-46-47-72(58(8)51-71)75(67-40-24-59(25-41-67)22-28-61-30-44-69(49-56(61)6)73(63-32-14-52(2)15-33-63)64-34-16-53(3)17-35-64)68-42-26-60(27-43-68)23-29-62-31-45-70(50-57(62)7)74(65-36-18-54(4)19-37-65)66-38-20-55(5)21-39-66/h14-47,49-51H,9-13,48H2,1-8H3/b28-22+,29-23+. The number of rotatable bonds is 20. The Morgan fingerprint density at radius 2 is 0.671 bits per heavy atom. The van der Waals surface area contributed by atoms with Crippen molar-refractivity contribution in [3.8, 4) is 5.75 Å². The van der Waals surface area contributed by atoms with Crippen LogP contribution in [0.25, 0.3) is 24.3 Å². The monoisotopic (exact) mass is 996 g/mol. The molecule has 0 unspecified atom stereocenters. The highest BCUT2D eigenvalue weighted by Gasteiger charge is 2.18. The number of aryl methyl sites for hydroxylation is 7. The third-order valence-corrected chi connectivity index (χ3v) is 14.3. The average molecular weight is 996 g/mol. The predicted octanol–water partition coefficient (Wildman–Crippen LogP) is 20.9. The van der Waals surface area contributed by atoms with Crippen LogP contribution in [0.1, 0.15) is 100 Å². The highest BCUT2D eigenvalue weighted by atomic mass is 16.5. The van der Waals surface area contributed by atoms with Crippen molar-refractivity contribution in [2.75, 3.05) is 21.3 Å². The number of ether oxygens (including phenoxy) is 1. The molecule has 4 nitrogen and oxygen atoms in total. The number of anilines is 9. The quantitative estimate of drug-likeness (QED) is 0.0559. The molecular formula is C72H73N3O. The zero-order valence-electron chi connectivity index (χ0n) is 45.9. The molecule has 76 heavy (non-hydrogen) atoms. The summed E-state index contributed by atoms with van der Waals surface area (Å²) in [6, 6.07) is 72.9. The Morgan fingerprint density at radius 1 is 0.316 bits per heavy atom. The molecule has 0 aliphatic heterocycles. The lowest BCUT2D eigenvalue weighted by molar-refractivity contribution is 0.304. The van der Waals surface area contributed by atoms with Crippen LogP contribution in [-0.2, 0) is 0 Å². The van der Waals surface area contributed by atoms with E-state index in [9.17, 15) is 0 Å². The van der Waals surface area contributed by atoms with E-state index in [-0.39, 0.29) is 0 Å². The molecule has 0 fully saturated rings. The van der Waals surface area contributed by atoms with Gasteiger partial charge in [0.05, 0.1) is 6.61 Å². The SMILES string of the molecule is CCCCCCCOc1ccc(N(c2ccc(/C=C/c3ccc(N(c4ccc(C)cc4)c4ccc(C)cc4)cc3C)cc2)c2ccc(/C=C/c3ccc(N(c4ccc(C)cc4)c4ccc(C)cc4)cc3C)cc2)c(C)c1. The maximum absolute atomic E-state index is 6.28. The lowest BCUT2D eigenvalue weighted by Gasteiger charge is -2.27. The molecule has 0 atom stereocenters. The lowest BCUT2D eigenvalue weighted by atomic mass is 10.0. The summed E-state index contributed by atoms with van der Waals surface area (Å²) in [6.07, 6.45) is 15.0. The Kier molecular flexibility index (Phi) is 17.1. The molecule has 0 aliphatic carbocycles. The molecule has 0 saturated heterocycles. The molecule has 0 radical (unpaired) electrons. The van der Waals surface area contributed by atoms with Gasteiger partial charge in [0.25, 0.3) is 0 Å². The van der Waals surface area contributed by atoms with Crippen LogP contribution in [0, 0.1) is 48.5 Å². The van der Waals surface area contributed by atoms with Crippen molar-refractivity contribution >= 4 is 75.5 Å². The summed E-state index contributed by atoms with van der Waals surface area (Å²) < 4.78 is 6.28. The van der Waals surface area contributed by atoms with Crippen LogP contribution in [0.15, 0.2) is 200 Å². The van der Waals surface area contributed by atoms with E-state index in [1.165, 1.54) is 70.2 Å². The Hall–Kier alpha value is -8.34. The maximum Gasteiger partial charge on any atom is 0.119 e.